The molecule has 2 rings (SSSR count). The topological polar surface area (TPSA) is 113 Å². The minimum Gasteiger partial charge on any atom is -0.478 e. The van der Waals surface area contributed by atoms with Gasteiger partial charge in [-0.25, -0.2) is 9.59 Å². The van der Waals surface area contributed by atoms with Gasteiger partial charge in [0.2, 0.25) is 0 Å². The van der Waals surface area contributed by atoms with Crippen LogP contribution in [0.3, 0.4) is 0 Å². The third kappa shape index (κ3) is 4.44. The van der Waals surface area contributed by atoms with Gasteiger partial charge in [-0.1, -0.05) is 0 Å². The number of carbonyl (C=O) groups is 3. The molecule has 8 nitrogen and oxygen atoms in total. The van der Waals surface area contributed by atoms with Gasteiger partial charge < -0.3 is 25.4 Å². The molecular formula is C18H25N3O5. The number of aromatic carboxylic acids is 1. The van der Waals surface area contributed by atoms with Crippen LogP contribution in [-0.2, 0) is 4.74 Å². The van der Waals surface area contributed by atoms with Crippen LogP contribution in [0.1, 0.15) is 47.9 Å². The summed E-state index contributed by atoms with van der Waals surface area (Å²) in [5.74, 6) is -1.72. The van der Waals surface area contributed by atoms with E-state index in [1.807, 2.05) is 0 Å². The molecule has 1 heterocycles. The molecule has 0 radical (unpaired) electrons. The Bertz CT molecular complexity index is 726. The van der Waals surface area contributed by atoms with E-state index in [9.17, 15) is 19.5 Å². The van der Waals surface area contributed by atoms with Gasteiger partial charge in [-0.05, 0) is 45.4 Å². The van der Waals surface area contributed by atoms with E-state index >= 15 is 0 Å². The number of anilines is 1. The highest BCUT2D eigenvalue weighted by Gasteiger charge is 2.33. The lowest BCUT2D eigenvalue weighted by molar-refractivity contribution is 0.0292. The van der Waals surface area contributed by atoms with Crippen molar-refractivity contribution in [3.63, 3.8) is 0 Å². The molecule has 1 aromatic rings. The van der Waals surface area contributed by atoms with Crippen molar-refractivity contribution in [2.75, 3.05) is 25.0 Å². The van der Waals surface area contributed by atoms with Crippen LogP contribution in [0.15, 0.2) is 18.2 Å². The molecule has 26 heavy (non-hydrogen) atoms. The van der Waals surface area contributed by atoms with Crippen molar-refractivity contribution in [3.8, 4) is 0 Å². The lowest BCUT2D eigenvalue weighted by Crippen LogP contribution is -2.39. The van der Waals surface area contributed by atoms with Crippen LogP contribution in [0.25, 0.3) is 0 Å². The maximum Gasteiger partial charge on any atom is 0.410 e. The second-order valence-corrected chi connectivity index (χ2v) is 7.38. The van der Waals surface area contributed by atoms with Gasteiger partial charge in [-0.3, -0.25) is 4.79 Å². The number of carbonyl (C=O) groups excluding carboxylic acids is 2. The fraction of sp³-hybridized carbons (Fsp3) is 0.500. The summed E-state index contributed by atoms with van der Waals surface area (Å²) >= 11 is 0. The first kappa shape index (κ1) is 19.6. The van der Waals surface area contributed by atoms with Crippen molar-refractivity contribution >= 4 is 23.7 Å². The average Bonchev–Trinajstić information content (AvgIpc) is 3.01. The minimum absolute atomic E-state index is 0.0684. The number of hydrogen-bond acceptors (Lipinski definition) is 5. The summed E-state index contributed by atoms with van der Waals surface area (Å²) in [6.07, 6.45) is 0.286. The number of nitrogens with two attached hydrogens (primary N) is 1. The number of likely N-dealkylation sites (tertiary alicyclic amines) is 1. The van der Waals surface area contributed by atoms with Crippen LogP contribution >= 0.6 is 0 Å². The van der Waals surface area contributed by atoms with Crippen molar-refractivity contribution < 1.29 is 24.2 Å². The maximum atomic E-state index is 12.2. The Balaban J connectivity index is 2.20. The predicted molar refractivity (Wildman–Crippen MR) is 96.5 cm³/mol. The zero-order chi connectivity index (χ0) is 19.6. The van der Waals surface area contributed by atoms with E-state index in [1.165, 1.54) is 18.2 Å². The molecule has 8 heteroatoms. The number of benzene rings is 1. The lowest BCUT2D eigenvalue weighted by Gasteiger charge is -2.29. The van der Waals surface area contributed by atoms with Crippen LogP contribution in [-0.4, -0.2) is 59.8 Å². The first-order chi connectivity index (χ1) is 12.0. The lowest BCUT2D eigenvalue weighted by atomic mass is 10.1. The van der Waals surface area contributed by atoms with Gasteiger partial charge in [0, 0.05) is 26.2 Å². The molecule has 0 aromatic heterocycles. The summed E-state index contributed by atoms with van der Waals surface area (Å²) in [5.41, 5.74) is 5.60. The Morgan fingerprint density at radius 3 is 2.50 bits per heavy atom. The molecule has 0 saturated carbocycles. The number of ether oxygens (including phenoxy) is 1. The van der Waals surface area contributed by atoms with Crippen molar-refractivity contribution in [1.82, 2.24) is 4.90 Å². The van der Waals surface area contributed by atoms with Gasteiger partial charge in [-0.15, -0.1) is 0 Å². The number of amides is 2. The molecule has 1 aromatic carbocycles. The largest absolute Gasteiger partial charge is 0.478 e. The number of hydrogen-bond donors (Lipinski definition) is 2. The standard InChI is InChI=1S/C18H25N3O5/c1-18(2,3)26-17(25)21-8-7-12(10-21)20(4)14-9-11(16(23)24)5-6-13(14)15(19)22/h5-6,9,12H,7-8,10H2,1-4H3,(H2,19,22)(H,23,24)/t12-/m0/s1. The minimum atomic E-state index is -1.09. The SMILES string of the molecule is CN(c1cc(C(=O)O)ccc1C(N)=O)[C@H]1CCN(C(=O)OC(C)(C)C)C1. The van der Waals surface area contributed by atoms with Crippen LogP contribution in [0.4, 0.5) is 10.5 Å². The Morgan fingerprint density at radius 2 is 1.96 bits per heavy atom. The molecule has 1 atom stereocenters. The average molecular weight is 363 g/mol. The first-order valence-electron chi connectivity index (χ1n) is 8.37. The van der Waals surface area contributed by atoms with E-state index in [-0.39, 0.29) is 23.3 Å². The summed E-state index contributed by atoms with van der Waals surface area (Å²) in [4.78, 5) is 38.6. The van der Waals surface area contributed by atoms with Gasteiger partial charge >= 0.3 is 12.1 Å². The third-order valence-electron chi connectivity index (χ3n) is 4.25. The molecule has 3 N–H and O–H groups in total. The normalized spacial score (nSPS) is 17.1. The van der Waals surface area contributed by atoms with E-state index < -0.39 is 17.5 Å². The van der Waals surface area contributed by atoms with Crippen molar-refractivity contribution in [2.45, 2.75) is 38.8 Å². The predicted octanol–water partition coefficient (Wildman–Crippen LogP) is 1.93. The molecule has 0 unspecified atom stereocenters. The number of carboxylic acid groups (broad SMARTS) is 1. The zero-order valence-electron chi connectivity index (χ0n) is 15.5. The number of rotatable bonds is 4. The molecule has 0 bridgehead atoms. The Kier molecular flexibility index (Phi) is 5.44. The second-order valence-electron chi connectivity index (χ2n) is 7.38. The molecule has 1 saturated heterocycles. The van der Waals surface area contributed by atoms with E-state index in [1.54, 1.807) is 37.6 Å². The molecular weight excluding hydrogens is 338 g/mol. The summed E-state index contributed by atoms with van der Waals surface area (Å²) in [5, 5.41) is 9.20. The smallest absolute Gasteiger partial charge is 0.410 e. The van der Waals surface area contributed by atoms with Gasteiger partial charge in [0.1, 0.15) is 5.60 Å². The summed E-state index contributed by atoms with van der Waals surface area (Å²) in [6.45, 7) is 6.36. The highest BCUT2D eigenvalue weighted by atomic mass is 16.6. The van der Waals surface area contributed by atoms with Crippen molar-refractivity contribution in [3.05, 3.63) is 29.3 Å². The van der Waals surface area contributed by atoms with E-state index in [0.29, 0.717) is 25.2 Å². The van der Waals surface area contributed by atoms with E-state index in [4.69, 9.17) is 10.5 Å². The molecule has 1 aliphatic rings. The highest BCUT2D eigenvalue weighted by molar-refractivity contribution is 6.00. The maximum absolute atomic E-state index is 12.2. The number of likely N-dealkylation sites (N-methyl/N-ethyl adjacent to an activating group) is 1. The second kappa shape index (κ2) is 7.23. The van der Waals surface area contributed by atoms with Crippen LogP contribution < -0.4 is 10.6 Å². The van der Waals surface area contributed by atoms with Gasteiger partial charge in [0.25, 0.3) is 5.91 Å². The Labute approximate surface area is 152 Å². The monoisotopic (exact) mass is 363 g/mol. The molecule has 1 fully saturated rings. The summed E-state index contributed by atoms with van der Waals surface area (Å²) in [6, 6.07) is 4.11. The molecule has 2 amide bonds. The van der Waals surface area contributed by atoms with Crippen molar-refractivity contribution in [2.24, 2.45) is 5.73 Å². The molecule has 0 spiro atoms. The summed E-state index contributed by atoms with van der Waals surface area (Å²) in [7, 11) is 1.76. The molecule has 0 aliphatic carbocycles. The van der Waals surface area contributed by atoms with Gasteiger partial charge in [-0.2, -0.15) is 0 Å². The van der Waals surface area contributed by atoms with Crippen LogP contribution in [0.5, 0.6) is 0 Å². The van der Waals surface area contributed by atoms with Crippen LogP contribution in [0, 0.1) is 0 Å². The number of primary amides is 1. The fourth-order valence-electron chi connectivity index (χ4n) is 2.91. The van der Waals surface area contributed by atoms with Gasteiger partial charge in [0.05, 0.1) is 16.8 Å². The highest BCUT2D eigenvalue weighted by Crippen LogP contribution is 2.27. The molecule has 142 valence electrons. The van der Waals surface area contributed by atoms with Crippen LogP contribution in [0.2, 0.25) is 0 Å². The molecule has 1 aliphatic heterocycles. The first-order valence-corrected chi connectivity index (χ1v) is 8.37. The summed E-state index contributed by atoms with van der Waals surface area (Å²) < 4.78 is 5.38. The third-order valence-corrected chi connectivity index (χ3v) is 4.25. The number of nitrogens with zero attached hydrogens (tertiary/aromatic N) is 2. The van der Waals surface area contributed by atoms with Gasteiger partial charge in [0.15, 0.2) is 0 Å². The fourth-order valence-corrected chi connectivity index (χ4v) is 2.91. The quantitative estimate of drug-likeness (QED) is 0.845. The Hall–Kier alpha value is -2.77. The van der Waals surface area contributed by atoms with E-state index in [0.717, 1.165) is 0 Å². The Morgan fingerprint density at radius 1 is 1.31 bits per heavy atom. The number of carboxylic acids is 1. The van der Waals surface area contributed by atoms with E-state index in [2.05, 4.69) is 0 Å². The zero-order valence-corrected chi connectivity index (χ0v) is 15.5. The van der Waals surface area contributed by atoms with Crippen molar-refractivity contribution in [1.29, 1.82) is 0 Å².